The van der Waals surface area contributed by atoms with Crippen molar-refractivity contribution in [2.45, 2.75) is 32.8 Å². The molecule has 1 radical (unpaired) electrons. The van der Waals surface area contributed by atoms with Gasteiger partial charge in [-0.25, -0.2) is 5.11 Å². The van der Waals surface area contributed by atoms with Crippen molar-refractivity contribution >= 4 is 5.91 Å². The summed E-state index contributed by atoms with van der Waals surface area (Å²) >= 11 is 0. The first-order valence-corrected chi connectivity index (χ1v) is 4.57. The zero-order valence-electron chi connectivity index (χ0n) is 7.75. The monoisotopic (exact) mass is 170 g/mol. The van der Waals surface area contributed by atoms with Crippen molar-refractivity contribution in [1.29, 1.82) is 0 Å². The van der Waals surface area contributed by atoms with Gasteiger partial charge in [0, 0.05) is 13.1 Å². The Morgan fingerprint density at radius 2 is 1.75 bits per heavy atom. The molecule has 1 unspecified atom stereocenters. The minimum absolute atomic E-state index is 0.0851. The third kappa shape index (κ3) is 1.97. The molecule has 0 aliphatic carbocycles. The van der Waals surface area contributed by atoms with Gasteiger partial charge in [-0.15, -0.1) is 0 Å². The fourth-order valence-electron chi connectivity index (χ4n) is 1.40. The Morgan fingerprint density at radius 1 is 1.25 bits per heavy atom. The summed E-state index contributed by atoms with van der Waals surface area (Å²) < 4.78 is 0. The van der Waals surface area contributed by atoms with Crippen molar-refractivity contribution in [3.63, 3.8) is 0 Å². The van der Waals surface area contributed by atoms with E-state index in [1.54, 1.807) is 18.7 Å². The highest BCUT2D eigenvalue weighted by Crippen LogP contribution is 2.12. The molecule has 0 aromatic rings. The number of carbonyl (C=O) groups is 1. The third-order valence-electron chi connectivity index (χ3n) is 2.27. The number of likely N-dealkylation sites (tertiary alicyclic amines) is 1. The van der Waals surface area contributed by atoms with E-state index in [-0.39, 0.29) is 11.8 Å². The van der Waals surface area contributed by atoms with E-state index in [0.717, 1.165) is 25.9 Å². The highest BCUT2D eigenvalue weighted by molar-refractivity contribution is 5.81. The highest BCUT2D eigenvalue weighted by atomic mass is 16.3. The number of nitrogens with zero attached hydrogens (tertiary/aromatic N) is 1. The molecule has 1 aliphatic heterocycles. The Labute approximate surface area is 73.4 Å². The normalized spacial score (nSPS) is 20.2. The second-order valence-corrected chi connectivity index (χ2v) is 3.70. The van der Waals surface area contributed by atoms with Crippen LogP contribution in [0, 0.1) is 5.92 Å². The number of hydrogen-bond donors (Lipinski definition) is 0. The lowest BCUT2D eigenvalue weighted by molar-refractivity contribution is -0.145. The van der Waals surface area contributed by atoms with E-state index in [1.807, 2.05) is 0 Å². The maximum absolute atomic E-state index is 11.4. The van der Waals surface area contributed by atoms with Crippen molar-refractivity contribution in [2.24, 2.45) is 5.92 Å². The van der Waals surface area contributed by atoms with Crippen LogP contribution >= 0.6 is 0 Å². The van der Waals surface area contributed by atoms with Crippen LogP contribution in [0.1, 0.15) is 26.7 Å². The largest absolute Gasteiger partial charge is 0.340 e. The van der Waals surface area contributed by atoms with Crippen LogP contribution in [0.3, 0.4) is 0 Å². The average Bonchev–Trinajstić information content (AvgIpc) is 2.53. The van der Waals surface area contributed by atoms with Crippen LogP contribution in [0.4, 0.5) is 0 Å². The fourth-order valence-corrected chi connectivity index (χ4v) is 1.40. The molecular weight excluding hydrogens is 154 g/mol. The molecular formula is C9H16NO2. The van der Waals surface area contributed by atoms with Crippen molar-refractivity contribution in [3.05, 3.63) is 0 Å². The first-order chi connectivity index (χ1) is 5.63. The second kappa shape index (κ2) is 3.90. The standard InChI is InChI=1S/C9H16NO2/c1-7(2)8(11)9(12)10-5-3-4-6-10/h7-8H,3-6H2,1-2H3. The molecule has 0 spiro atoms. The van der Waals surface area contributed by atoms with Gasteiger partial charge in [0.15, 0.2) is 6.10 Å². The molecule has 1 amide bonds. The van der Waals surface area contributed by atoms with Gasteiger partial charge in [-0.1, -0.05) is 13.8 Å². The summed E-state index contributed by atoms with van der Waals surface area (Å²) in [6.45, 7) is 5.16. The molecule has 1 rings (SSSR count). The maximum atomic E-state index is 11.4. The van der Waals surface area contributed by atoms with Crippen molar-refractivity contribution < 1.29 is 9.90 Å². The minimum atomic E-state index is -1.05. The molecule has 0 N–H and O–H groups in total. The minimum Gasteiger partial charge on any atom is -0.340 e. The number of hydrogen-bond acceptors (Lipinski definition) is 1. The summed E-state index contributed by atoms with van der Waals surface area (Å²) in [6.07, 6.45) is 1.05. The molecule has 0 bridgehead atoms. The van der Waals surface area contributed by atoms with Crippen LogP contribution < -0.4 is 0 Å². The molecule has 3 heteroatoms. The summed E-state index contributed by atoms with van der Waals surface area (Å²) in [4.78, 5) is 13.1. The van der Waals surface area contributed by atoms with Crippen molar-refractivity contribution in [3.8, 4) is 0 Å². The Kier molecular flexibility index (Phi) is 3.09. The Bertz CT molecular complexity index is 158. The lowest BCUT2D eigenvalue weighted by atomic mass is 10.1. The van der Waals surface area contributed by atoms with Gasteiger partial charge in [0.05, 0.1) is 0 Å². The number of amides is 1. The molecule has 1 saturated heterocycles. The van der Waals surface area contributed by atoms with Crippen LogP contribution in [0.15, 0.2) is 0 Å². The molecule has 69 valence electrons. The zero-order valence-corrected chi connectivity index (χ0v) is 7.75. The Hall–Kier alpha value is -0.570. The summed E-state index contributed by atoms with van der Waals surface area (Å²) in [7, 11) is 0. The number of rotatable bonds is 2. The molecule has 12 heavy (non-hydrogen) atoms. The van der Waals surface area contributed by atoms with Gasteiger partial charge in [-0.3, -0.25) is 4.79 Å². The van der Waals surface area contributed by atoms with Gasteiger partial charge in [0.2, 0.25) is 0 Å². The molecule has 0 saturated carbocycles. The first kappa shape index (κ1) is 9.52. The lowest BCUT2D eigenvalue weighted by Crippen LogP contribution is -2.38. The van der Waals surface area contributed by atoms with Gasteiger partial charge in [0.1, 0.15) is 0 Å². The van der Waals surface area contributed by atoms with E-state index < -0.39 is 6.10 Å². The molecule has 3 nitrogen and oxygen atoms in total. The molecule has 0 aromatic carbocycles. The van der Waals surface area contributed by atoms with Crippen LogP contribution in [-0.2, 0) is 9.90 Å². The highest BCUT2D eigenvalue weighted by Gasteiger charge is 2.27. The molecule has 1 aliphatic rings. The predicted octanol–water partition coefficient (Wildman–Crippen LogP) is 1.06. The van der Waals surface area contributed by atoms with E-state index in [2.05, 4.69) is 0 Å². The van der Waals surface area contributed by atoms with Crippen LogP contribution in [0.25, 0.3) is 0 Å². The smallest absolute Gasteiger partial charge is 0.255 e. The van der Waals surface area contributed by atoms with E-state index >= 15 is 0 Å². The van der Waals surface area contributed by atoms with Gasteiger partial charge in [0.25, 0.3) is 5.91 Å². The van der Waals surface area contributed by atoms with Gasteiger partial charge in [-0.2, -0.15) is 0 Å². The third-order valence-corrected chi connectivity index (χ3v) is 2.27. The van der Waals surface area contributed by atoms with E-state index in [1.165, 1.54) is 0 Å². The van der Waals surface area contributed by atoms with Gasteiger partial charge in [-0.05, 0) is 18.8 Å². The molecule has 1 atom stereocenters. The Balaban J connectivity index is 2.45. The Morgan fingerprint density at radius 3 is 2.17 bits per heavy atom. The second-order valence-electron chi connectivity index (χ2n) is 3.70. The van der Waals surface area contributed by atoms with Gasteiger partial charge < -0.3 is 4.90 Å². The summed E-state index contributed by atoms with van der Waals surface area (Å²) in [6, 6.07) is 0. The summed E-state index contributed by atoms with van der Waals surface area (Å²) in [5.74, 6) is -0.291. The van der Waals surface area contributed by atoms with E-state index in [4.69, 9.17) is 0 Å². The fraction of sp³-hybridized carbons (Fsp3) is 0.889. The molecule has 1 heterocycles. The molecule has 1 fully saturated rings. The van der Waals surface area contributed by atoms with Crippen LogP contribution in [0.2, 0.25) is 0 Å². The van der Waals surface area contributed by atoms with Crippen molar-refractivity contribution in [2.75, 3.05) is 13.1 Å². The van der Waals surface area contributed by atoms with E-state index in [0.29, 0.717) is 0 Å². The van der Waals surface area contributed by atoms with Crippen LogP contribution in [-0.4, -0.2) is 30.0 Å². The quantitative estimate of drug-likeness (QED) is 0.611. The summed E-state index contributed by atoms with van der Waals surface area (Å²) in [5, 5.41) is 11.3. The zero-order chi connectivity index (χ0) is 9.14. The number of carbonyl (C=O) groups excluding carboxylic acids is 1. The summed E-state index contributed by atoms with van der Waals surface area (Å²) in [5.41, 5.74) is 0. The maximum Gasteiger partial charge on any atom is 0.255 e. The molecule has 0 aromatic heterocycles. The van der Waals surface area contributed by atoms with Crippen molar-refractivity contribution in [1.82, 2.24) is 4.90 Å². The van der Waals surface area contributed by atoms with Gasteiger partial charge >= 0.3 is 0 Å². The first-order valence-electron chi connectivity index (χ1n) is 4.57. The van der Waals surface area contributed by atoms with Crippen LogP contribution in [0.5, 0.6) is 0 Å². The topological polar surface area (TPSA) is 40.2 Å². The predicted molar refractivity (Wildman–Crippen MR) is 45.1 cm³/mol. The lowest BCUT2D eigenvalue weighted by Gasteiger charge is -2.19. The average molecular weight is 170 g/mol. The van der Waals surface area contributed by atoms with E-state index in [9.17, 15) is 9.90 Å². The SMILES string of the molecule is CC(C)C([O])C(=O)N1CCCC1.